The van der Waals surface area contributed by atoms with Crippen LogP contribution in [0.4, 0.5) is 10.1 Å². The van der Waals surface area contributed by atoms with Crippen LogP contribution in [0.3, 0.4) is 0 Å². The minimum Gasteiger partial charge on any atom is -0.354 e. The Balaban J connectivity index is 1.78. The molecule has 4 aromatic carbocycles. The maximum atomic E-state index is 14.4. The van der Waals surface area contributed by atoms with Crippen molar-refractivity contribution >= 4 is 39.1 Å². The molecule has 4 rings (SSSR count). The Labute approximate surface area is 263 Å². The van der Waals surface area contributed by atoms with E-state index in [2.05, 4.69) is 5.32 Å². The van der Waals surface area contributed by atoms with Gasteiger partial charge in [0.25, 0.3) is 10.0 Å². The van der Waals surface area contributed by atoms with Gasteiger partial charge in [-0.1, -0.05) is 85.6 Å². The molecule has 0 radical (unpaired) electrons. The maximum Gasteiger partial charge on any atom is 0.264 e. The number of amides is 2. The molecule has 0 aliphatic heterocycles. The third-order valence-electron chi connectivity index (χ3n) is 7.07. The van der Waals surface area contributed by atoms with E-state index >= 15 is 0 Å². The lowest BCUT2D eigenvalue weighted by atomic mass is 10.0. The molecule has 230 valence electrons. The summed E-state index contributed by atoms with van der Waals surface area (Å²) in [4.78, 5) is 29.5. The number of hydrogen-bond acceptors (Lipinski definition) is 4. The van der Waals surface area contributed by atoms with Gasteiger partial charge in [-0.15, -0.1) is 0 Å². The summed E-state index contributed by atoms with van der Waals surface area (Å²) in [6, 6.07) is 27.9. The standard InChI is InChI=1S/C34H35ClFN3O4S/c1-2-3-21-37-34(41)32(23-26-11-6-4-7-12-26)38(24-27-13-10-14-28(35)22-27)33(40)25-39(30-19-17-29(36)18-20-30)44(42,43)31-15-8-5-9-16-31/h4-20,22,32H,2-3,21,23-25H2,1H3,(H,37,41). The van der Waals surface area contributed by atoms with Crippen molar-refractivity contribution in [1.29, 1.82) is 0 Å². The number of nitrogens with one attached hydrogen (secondary N) is 1. The average Bonchev–Trinajstić information content (AvgIpc) is 3.03. The number of nitrogens with zero attached hydrogens (tertiary/aromatic N) is 2. The Morgan fingerprint density at radius 1 is 0.864 bits per heavy atom. The fraction of sp³-hybridized carbons (Fsp3) is 0.235. The van der Waals surface area contributed by atoms with Crippen molar-refractivity contribution in [3.05, 3.63) is 131 Å². The van der Waals surface area contributed by atoms with E-state index in [0.717, 1.165) is 34.8 Å². The van der Waals surface area contributed by atoms with Gasteiger partial charge in [-0.2, -0.15) is 0 Å². The summed E-state index contributed by atoms with van der Waals surface area (Å²) in [5, 5.41) is 3.41. The first-order chi connectivity index (χ1) is 21.2. The lowest BCUT2D eigenvalue weighted by Gasteiger charge is -2.34. The molecule has 0 saturated heterocycles. The maximum absolute atomic E-state index is 14.4. The van der Waals surface area contributed by atoms with E-state index in [1.807, 2.05) is 37.3 Å². The van der Waals surface area contributed by atoms with Crippen molar-refractivity contribution in [2.75, 3.05) is 17.4 Å². The molecule has 10 heteroatoms. The third-order valence-corrected chi connectivity index (χ3v) is 9.09. The number of carbonyl (C=O) groups is 2. The normalized spacial score (nSPS) is 11.9. The molecule has 0 saturated carbocycles. The topological polar surface area (TPSA) is 86.8 Å². The van der Waals surface area contributed by atoms with Crippen molar-refractivity contribution in [3.8, 4) is 0 Å². The zero-order valence-electron chi connectivity index (χ0n) is 24.4. The van der Waals surface area contributed by atoms with E-state index in [9.17, 15) is 22.4 Å². The van der Waals surface area contributed by atoms with E-state index in [1.54, 1.807) is 42.5 Å². The first-order valence-electron chi connectivity index (χ1n) is 14.4. The van der Waals surface area contributed by atoms with Crippen LogP contribution in [0, 0.1) is 5.82 Å². The summed E-state index contributed by atoms with van der Waals surface area (Å²) in [5.74, 6) is -1.51. The van der Waals surface area contributed by atoms with Crippen molar-refractivity contribution in [3.63, 3.8) is 0 Å². The van der Waals surface area contributed by atoms with E-state index < -0.39 is 34.3 Å². The number of anilines is 1. The molecule has 1 atom stereocenters. The molecular weight excluding hydrogens is 601 g/mol. The van der Waals surface area contributed by atoms with Gasteiger partial charge in [0.05, 0.1) is 10.6 Å². The van der Waals surface area contributed by atoms with Gasteiger partial charge in [-0.25, -0.2) is 12.8 Å². The van der Waals surface area contributed by atoms with Crippen LogP contribution >= 0.6 is 11.6 Å². The highest BCUT2D eigenvalue weighted by Gasteiger charge is 2.34. The summed E-state index contributed by atoms with van der Waals surface area (Å²) in [6.07, 6.45) is 1.84. The molecule has 4 aromatic rings. The second-order valence-electron chi connectivity index (χ2n) is 10.3. The number of benzene rings is 4. The second kappa shape index (κ2) is 15.5. The number of unbranched alkanes of at least 4 members (excludes halogenated alkanes) is 1. The average molecular weight is 636 g/mol. The van der Waals surface area contributed by atoms with Crippen molar-refractivity contribution in [2.45, 2.75) is 43.7 Å². The molecule has 1 N–H and O–H groups in total. The van der Waals surface area contributed by atoms with Gasteiger partial charge < -0.3 is 10.2 Å². The van der Waals surface area contributed by atoms with Crippen LogP contribution in [-0.4, -0.2) is 44.3 Å². The number of carbonyl (C=O) groups excluding carboxylic acids is 2. The number of halogens is 2. The third kappa shape index (κ3) is 8.67. The molecule has 44 heavy (non-hydrogen) atoms. The molecule has 0 heterocycles. The van der Waals surface area contributed by atoms with Crippen LogP contribution in [0.15, 0.2) is 114 Å². The highest BCUT2D eigenvalue weighted by molar-refractivity contribution is 7.92. The van der Waals surface area contributed by atoms with Crippen LogP contribution in [0.5, 0.6) is 0 Å². The van der Waals surface area contributed by atoms with E-state index in [0.29, 0.717) is 17.1 Å². The highest BCUT2D eigenvalue weighted by Crippen LogP contribution is 2.25. The predicted octanol–water partition coefficient (Wildman–Crippen LogP) is 6.23. The lowest BCUT2D eigenvalue weighted by molar-refractivity contribution is -0.140. The molecular formula is C34H35ClFN3O4S. The van der Waals surface area contributed by atoms with Gasteiger partial charge >= 0.3 is 0 Å². The minimum atomic E-state index is -4.26. The monoisotopic (exact) mass is 635 g/mol. The fourth-order valence-electron chi connectivity index (χ4n) is 4.75. The van der Waals surface area contributed by atoms with Crippen LogP contribution in [0.2, 0.25) is 5.02 Å². The first-order valence-corrected chi connectivity index (χ1v) is 16.2. The molecule has 0 aliphatic rings. The zero-order chi connectivity index (χ0) is 31.5. The molecule has 0 fully saturated rings. The second-order valence-corrected chi connectivity index (χ2v) is 12.6. The predicted molar refractivity (Wildman–Crippen MR) is 171 cm³/mol. The van der Waals surface area contributed by atoms with E-state index in [-0.39, 0.29) is 29.5 Å². The Kier molecular flexibility index (Phi) is 11.5. The van der Waals surface area contributed by atoms with Gasteiger partial charge in [0.2, 0.25) is 11.8 Å². The molecule has 2 amide bonds. The highest BCUT2D eigenvalue weighted by atomic mass is 35.5. The van der Waals surface area contributed by atoms with Gasteiger partial charge in [-0.05, 0) is 66.1 Å². The van der Waals surface area contributed by atoms with E-state index in [4.69, 9.17) is 11.6 Å². The van der Waals surface area contributed by atoms with Gasteiger partial charge in [0.15, 0.2) is 0 Å². The van der Waals surface area contributed by atoms with Crippen molar-refractivity contribution in [1.82, 2.24) is 10.2 Å². The molecule has 7 nitrogen and oxygen atoms in total. The summed E-state index contributed by atoms with van der Waals surface area (Å²) >= 11 is 6.27. The van der Waals surface area contributed by atoms with Crippen molar-refractivity contribution in [2.24, 2.45) is 0 Å². The summed E-state index contributed by atoms with van der Waals surface area (Å²) in [7, 11) is -4.26. The Hall–Kier alpha value is -4.21. The molecule has 0 bridgehead atoms. The van der Waals surface area contributed by atoms with Crippen LogP contribution in [-0.2, 0) is 32.6 Å². The lowest BCUT2D eigenvalue weighted by Crippen LogP contribution is -2.53. The van der Waals surface area contributed by atoms with E-state index in [1.165, 1.54) is 29.2 Å². The van der Waals surface area contributed by atoms with Crippen LogP contribution in [0.25, 0.3) is 0 Å². The van der Waals surface area contributed by atoms with Gasteiger partial charge in [0.1, 0.15) is 18.4 Å². The molecule has 0 spiro atoms. The molecule has 1 unspecified atom stereocenters. The quantitative estimate of drug-likeness (QED) is 0.166. The Morgan fingerprint density at radius 2 is 1.50 bits per heavy atom. The minimum absolute atomic E-state index is 0.000728. The summed E-state index contributed by atoms with van der Waals surface area (Å²) in [5.41, 5.74) is 1.61. The number of rotatable bonds is 14. The first kappa shape index (κ1) is 32.7. The van der Waals surface area contributed by atoms with Gasteiger partial charge in [-0.3, -0.25) is 13.9 Å². The molecule has 0 aromatic heterocycles. The fourth-order valence-corrected chi connectivity index (χ4v) is 6.40. The largest absolute Gasteiger partial charge is 0.354 e. The smallest absolute Gasteiger partial charge is 0.264 e. The Bertz CT molecular complexity index is 1640. The SMILES string of the molecule is CCCCNC(=O)C(Cc1ccccc1)N(Cc1cccc(Cl)c1)C(=O)CN(c1ccc(F)cc1)S(=O)(=O)c1ccccc1. The summed E-state index contributed by atoms with van der Waals surface area (Å²) in [6.45, 7) is 1.82. The van der Waals surface area contributed by atoms with Crippen molar-refractivity contribution < 1.29 is 22.4 Å². The Morgan fingerprint density at radius 3 is 2.14 bits per heavy atom. The van der Waals surface area contributed by atoms with Crippen LogP contribution in [0.1, 0.15) is 30.9 Å². The summed E-state index contributed by atoms with van der Waals surface area (Å²) < 4.78 is 42.6. The zero-order valence-corrected chi connectivity index (χ0v) is 26.0. The number of hydrogen-bond donors (Lipinski definition) is 1. The van der Waals surface area contributed by atoms with Crippen LogP contribution < -0.4 is 9.62 Å². The number of sulfonamides is 1. The van der Waals surface area contributed by atoms with Gasteiger partial charge in [0, 0.05) is 24.5 Å². The molecule has 0 aliphatic carbocycles.